The fourth-order valence-corrected chi connectivity index (χ4v) is 1.76. The molecule has 0 saturated carbocycles. The number of hydrogen-bond acceptors (Lipinski definition) is 2. The second-order valence-electron chi connectivity index (χ2n) is 3.08. The van der Waals surface area contributed by atoms with Crippen LogP contribution in [0.4, 0.5) is 0 Å². The zero-order valence-electron chi connectivity index (χ0n) is 7.27. The van der Waals surface area contributed by atoms with Gasteiger partial charge < -0.3 is 9.19 Å². The minimum absolute atomic E-state index is 0.132. The van der Waals surface area contributed by atoms with Crippen molar-refractivity contribution in [3.8, 4) is 0 Å². The predicted octanol–water partition coefficient (Wildman–Crippen LogP) is 2.36. The van der Waals surface area contributed by atoms with Gasteiger partial charge in [0, 0.05) is 7.05 Å². The number of fused-ring (bicyclic) bond motifs is 1. The van der Waals surface area contributed by atoms with Crippen molar-refractivity contribution in [2.24, 2.45) is 0 Å². The molecule has 1 aliphatic heterocycles. The topological polar surface area (TPSA) is 12.5 Å². The van der Waals surface area contributed by atoms with Gasteiger partial charge in [0.05, 0.1) is 0 Å². The number of hydrogen-bond donors (Lipinski definition) is 0. The van der Waals surface area contributed by atoms with Crippen LogP contribution in [0.5, 0.6) is 0 Å². The van der Waals surface area contributed by atoms with Crippen molar-refractivity contribution in [3.63, 3.8) is 0 Å². The second kappa shape index (κ2) is 3.30. The molecule has 0 spiro atoms. The van der Waals surface area contributed by atoms with Gasteiger partial charge in [-0.05, 0) is 23.9 Å². The maximum Gasteiger partial charge on any atom is 0.150 e. The van der Waals surface area contributed by atoms with E-state index in [-0.39, 0.29) is 6.04 Å². The molecule has 0 aromatic rings. The Labute approximate surface area is 82.6 Å². The Balaban J connectivity index is 2.37. The maximum absolute atomic E-state index is 5.39. The summed E-state index contributed by atoms with van der Waals surface area (Å²) in [4.78, 5) is 2.06. The van der Waals surface area contributed by atoms with Crippen molar-refractivity contribution in [2.45, 2.75) is 6.04 Å². The molecular formula is C10H10ClNO. The number of rotatable bonds is 1. The first-order chi connectivity index (χ1) is 6.33. The maximum atomic E-state index is 5.39. The Morgan fingerprint density at radius 1 is 1.38 bits per heavy atom. The Morgan fingerprint density at radius 3 is 3.00 bits per heavy atom. The van der Waals surface area contributed by atoms with Crippen LogP contribution in [0.2, 0.25) is 0 Å². The Bertz CT molecular complexity index is 328. The molecule has 68 valence electrons. The SMILES string of the molecule is CN1C=CC=C2C=CC=C(OCl)C21. The summed E-state index contributed by atoms with van der Waals surface area (Å²) < 4.78 is 4.80. The summed E-state index contributed by atoms with van der Waals surface area (Å²) in [5.74, 6) is 0.766. The molecule has 2 nitrogen and oxygen atoms in total. The van der Waals surface area contributed by atoms with Crippen LogP contribution < -0.4 is 0 Å². The molecule has 0 N–H and O–H groups in total. The molecule has 0 aromatic carbocycles. The minimum Gasteiger partial charge on any atom is -0.388 e. The van der Waals surface area contributed by atoms with E-state index >= 15 is 0 Å². The number of halogens is 1. The standard InChI is InChI=1S/C10H10ClNO/c1-12-7-3-5-8-4-2-6-9(13-11)10(8)12/h2-7,10H,1H3. The zero-order chi connectivity index (χ0) is 9.26. The molecule has 0 aromatic heterocycles. The summed E-state index contributed by atoms with van der Waals surface area (Å²) in [6.45, 7) is 0. The third-order valence-electron chi connectivity index (χ3n) is 2.24. The first-order valence-electron chi connectivity index (χ1n) is 4.10. The van der Waals surface area contributed by atoms with Gasteiger partial charge in [0.1, 0.15) is 23.7 Å². The van der Waals surface area contributed by atoms with E-state index in [0.717, 1.165) is 5.76 Å². The third kappa shape index (κ3) is 1.38. The molecule has 3 heteroatoms. The van der Waals surface area contributed by atoms with Crippen molar-refractivity contribution >= 4 is 11.9 Å². The molecule has 0 amide bonds. The molecule has 1 unspecified atom stereocenters. The van der Waals surface area contributed by atoms with Crippen molar-refractivity contribution in [3.05, 3.63) is 47.9 Å². The lowest BCUT2D eigenvalue weighted by Crippen LogP contribution is -2.33. The van der Waals surface area contributed by atoms with E-state index in [1.54, 1.807) is 0 Å². The van der Waals surface area contributed by atoms with Gasteiger partial charge in [0.25, 0.3) is 0 Å². The van der Waals surface area contributed by atoms with Crippen LogP contribution >= 0.6 is 11.9 Å². The summed E-state index contributed by atoms with van der Waals surface area (Å²) in [7, 11) is 2.00. The van der Waals surface area contributed by atoms with Gasteiger partial charge in [0.2, 0.25) is 0 Å². The summed E-state index contributed by atoms with van der Waals surface area (Å²) >= 11 is 5.39. The number of allylic oxidation sites excluding steroid dienone is 4. The van der Waals surface area contributed by atoms with Gasteiger partial charge in [-0.15, -0.1) is 0 Å². The van der Waals surface area contributed by atoms with Crippen LogP contribution in [-0.4, -0.2) is 18.0 Å². The van der Waals surface area contributed by atoms with Crippen LogP contribution in [0.1, 0.15) is 0 Å². The van der Waals surface area contributed by atoms with Crippen LogP contribution in [0.3, 0.4) is 0 Å². The molecule has 1 heterocycles. The highest BCUT2D eigenvalue weighted by Gasteiger charge is 2.25. The van der Waals surface area contributed by atoms with Crippen LogP contribution in [-0.2, 0) is 4.29 Å². The molecule has 13 heavy (non-hydrogen) atoms. The van der Waals surface area contributed by atoms with E-state index in [0.29, 0.717) is 0 Å². The van der Waals surface area contributed by atoms with Gasteiger partial charge in [-0.1, -0.05) is 18.2 Å². The van der Waals surface area contributed by atoms with Crippen LogP contribution in [0, 0.1) is 0 Å². The van der Waals surface area contributed by atoms with E-state index in [4.69, 9.17) is 16.2 Å². The van der Waals surface area contributed by atoms with Gasteiger partial charge in [-0.2, -0.15) is 0 Å². The molecule has 2 aliphatic rings. The summed E-state index contributed by atoms with van der Waals surface area (Å²) in [6, 6.07) is 0.132. The average molecular weight is 196 g/mol. The number of nitrogens with zero attached hydrogens (tertiary/aromatic N) is 1. The van der Waals surface area contributed by atoms with Crippen molar-refractivity contribution in [1.82, 2.24) is 4.90 Å². The van der Waals surface area contributed by atoms with Crippen molar-refractivity contribution < 1.29 is 4.29 Å². The first kappa shape index (κ1) is 8.45. The monoisotopic (exact) mass is 195 g/mol. The van der Waals surface area contributed by atoms with E-state index in [1.807, 2.05) is 31.5 Å². The van der Waals surface area contributed by atoms with E-state index in [1.165, 1.54) is 5.57 Å². The first-order valence-corrected chi connectivity index (χ1v) is 4.41. The predicted molar refractivity (Wildman–Crippen MR) is 52.9 cm³/mol. The molecule has 0 radical (unpaired) electrons. The largest absolute Gasteiger partial charge is 0.388 e. The summed E-state index contributed by atoms with van der Waals surface area (Å²) in [5.41, 5.74) is 1.20. The molecule has 2 rings (SSSR count). The molecule has 1 atom stereocenters. The van der Waals surface area contributed by atoms with Gasteiger partial charge in [-0.3, -0.25) is 0 Å². The third-order valence-corrected chi connectivity index (χ3v) is 2.42. The summed E-state index contributed by atoms with van der Waals surface area (Å²) in [6.07, 6.45) is 11.9. The summed E-state index contributed by atoms with van der Waals surface area (Å²) in [5, 5.41) is 0. The van der Waals surface area contributed by atoms with Crippen LogP contribution in [0.15, 0.2) is 47.9 Å². The van der Waals surface area contributed by atoms with E-state index in [9.17, 15) is 0 Å². The fraction of sp³-hybridized carbons (Fsp3) is 0.200. The minimum atomic E-state index is 0.132. The van der Waals surface area contributed by atoms with E-state index in [2.05, 4.69) is 17.1 Å². The van der Waals surface area contributed by atoms with Crippen molar-refractivity contribution in [1.29, 1.82) is 0 Å². The zero-order valence-corrected chi connectivity index (χ0v) is 8.03. The quantitative estimate of drug-likeness (QED) is 0.637. The van der Waals surface area contributed by atoms with E-state index < -0.39 is 0 Å². The Hall–Kier alpha value is -1.15. The molecule has 0 bridgehead atoms. The lowest BCUT2D eigenvalue weighted by molar-refractivity contribution is 0.314. The average Bonchev–Trinajstić information content (AvgIpc) is 2.17. The Morgan fingerprint density at radius 2 is 2.23 bits per heavy atom. The molecule has 0 fully saturated rings. The van der Waals surface area contributed by atoms with Crippen molar-refractivity contribution in [2.75, 3.05) is 7.05 Å². The lowest BCUT2D eigenvalue weighted by atomic mass is 9.97. The normalized spacial score (nSPS) is 25.1. The Kier molecular flexibility index (Phi) is 2.15. The van der Waals surface area contributed by atoms with Gasteiger partial charge in [0.15, 0.2) is 0 Å². The van der Waals surface area contributed by atoms with Gasteiger partial charge >= 0.3 is 0 Å². The van der Waals surface area contributed by atoms with Crippen LogP contribution in [0.25, 0.3) is 0 Å². The second-order valence-corrected chi connectivity index (χ2v) is 3.24. The molecule has 0 saturated heterocycles. The highest BCUT2D eigenvalue weighted by atomic mass is 35.5. The smallest absolute Gasteiger partial charge is 0.150 e. The number of likely N-dealkylation sites (N-methyl/N-ethyl adjacent to an activating group) is 1. The highest BCUT2D eigenvalue weighted by Crippen LogP contribution is 2.27. The fourth-order valence-electron chi connectivity index (χ4n) is 1.63. The van der Waals surface area contributed by atoms with Gasteiger partial charge in [-0.25, -0.2) is 0 Å². The molecular weight excluding hydrogens is 186 g/mol. The highest BCUT2D eigenvalue weighted by molar-refractivity contribution is 6.08. The molecule has 1 aliphatic carbocycles. The lowest BCUT2D eigenvalue weighted by Gasteiger charge is -2.31.